The minimum Gasteiger partial charge on any atom is -0.352 e. The van der Waals surface area contributed by atoms with Crippen LogP contribution in [0.2, 0.25) is 0 Å². The monoisotopic (exact) mass is 399 g/mol. The Morgan fingerprint density at radius 1 is 1.08 bits per heavy atom. The van der Waals surface area contributed by atoms with Crippen LogP contribution in [0.5, 0.6) is 0 Å². The van der Waals surface area contributed by atoms with E-state index >= 15 is 0 Å². The van der Waals surface area contributed by atoms with Gasteiger partial charge in [0.05, 0.1) is 11.5 Å². The van der Waals surface area contributed by atoms with E-state index in [4.69, 9.17) is 0 Å². The van der Waals surface area contributed by atoms with Gasteiger partial charge in [-0.3, -0.25) is 10.1 Å². The van der Waals surface area contributed by atoms with Crippen LogP contribution in [-0.4, -0.2) is 68.5 Å². The van der Waals surface area contributed by atoms with Gasteiger partial charge in [-0.15, -0.1) is 24.8 Å². The van der Waals surface area contributed by atoms with Crippen LogP contribution >= 0.6 is 24.8 Å². The van der Waals surface area contributed by atoms with Gasteiger partial charge in [-0.05, 0) is 25.7 Å². The Hall–Kier alpha value is -0.340. The zero-order chi connectivity index (χ0) is 15.6. The number of sulfone groups is 1. The summed E-state index contributed by atoms with van der Waals surface area (Å²) in [5.41, 5.74) is 0. The molecule has 2 fully saturated rings. The molecule has 0 aliphatic carbocycles. The van der Waals surface area contributed by atoms with Gasteiger partial charge in [0.25, 0.3) is 0 Å². The molecule has 0 saturated carbocycles. The first kappa shape index (κ1) is 21.7. The summed E-state index contributed by atoms with van der Waals surface area (Å²) in [5, 5.41) is 6.25. The number of hydrogen-bond donors (Lipinski definition) is 2. The average molecular weight is 400 g/mol. The average Bonchev–Trinajstić information content (AvgIpc) is 3.03. The van der Waals surface area contributed by atoms with Crippen LogP contribution in [0.15, 0.2) is 12.2 Å². The molecular formula is C15H27Cl2N3O3S. The van der Waals surface area contributed by atoms with Gasteiger partial charge in [0.2, 0.25) is 5.91 Å². The van der Waals surface area contributed by atoms with Crippen LogP contribution in [0.3, 0.4) is 0 Å². The number of carbonyl (C=O) groups is 1. The molecule has 9 heteroatoms. The first-order chi connectivity index (χ1) is 10.5. The van der Waals surface area contributed by atoms with Gasteiger partial charge in [0, 0.05) is 31.7 Å². The highest BCUT2D eigenvalue weighted by atomic mass is 35.5. The lowest BCUT2D eigenvalue weighted by Gasteiger charge is -2.39. The molecule has 0 aromatic heterocycles. The first-order valence-corrected chi connectivity index (χ1v) is 10.0. The maximum Gasteiger partial charge on any atom is 0.241 e. The van der Waals surface area contributed by atoms with Crippen LogP contribution in [0.25, 0.3) is 0 Å². The molecular weight excluding hydrogens is 373 g/mol. The van der Waals surface area contributed by atoms with E-state index in [0.29, 0.717) is 17.5 Å². The van der Waals surface area contributed by atoms with Gasteiger partial charge in [-0.2, -0.15) is 0 Å². The Balaban J connectivity index is 0.00000144. The van der Waals surface area contributed by atoms with Crippen molar-refractivity contribution in [2.24, 2.45) is 0 Å². The van der Waals surface area contributed by atoms with E-state index in [0.717, 1.165) is 45.3 Å². The minimum absolute atomic E-state index is 0. The van der Waals surface area contributed by atoms with E-state index in [1.165, 1.54) is 0 Å². The van der Waals surface area contributed by atoms with Crippen molar-refractivity contribution in [3.05, 3.63) is 12.2 Å². The first-order valence-electron chi connectivity index (χ1n) is 8.18. The number of likely N-dealkylation sites (tertiary alicyclic amines) is 1. The number of piperidine rings is 1. The second-order valence-electron chi connectivity index (χ2n) is 6.52. The highest BCUT2D eigenvalue weighted by molar-refractivity contribution is 7.91. The molecule has 3 heterocycles. The van der Waals surface area contributed by atoms with Crippen molar-refractivity contribution >= 4 is 40.6 Å². The fourth-order valence-corrected chi connectivity index (χ4v) is 5.06. The van der Waals surface area contributed by atoms with E-state index in [1.807, 2.05) is 12.2 Å². The van der Waals surface area contributed by atoms with Gasteiger partial charge in [-0.25, -0.2) is 8.42 Å². The normalized spacial score (nSPS) is 27.9. The van der Waals surface area contributed by atoms with Crippen molar-refractivity contribution in [2.45, 2.75) is 43.8 Å². The number of nitrogens with one attached hydrogen (secondary N) is 2. The molecule has 0 bridgehead atoms. The standard InChI is InChI=1S/C15H25N3O3S.2ClH/c19-15(14-2-1-7-16-14)17-12-3-8-18(9-4-12)13-5-10-22(20,21)11-6-13;;/h1-2,12-14,16H,3-11H2,(H,17,19);2*1H. The lowest BCUT2D eigenvalue weighted by atomic mass is 10.0. The van der Waals surface area contributed by atoms with Crippen molar-refractivity contribution < 1.29 is 13.2 Å². The number of rotatable bonds is 3. The van der Waals surface area contributed by atoms with Crippen molar-refractivity contribution in [3.8, 4) is 0 Å². The Morgan fingerprint density at radius 2 is 1.71 bits per heavy atom. The van der Waals surface area contributed by atoms with Crippen LogP contribution in [0.4, 0.5) is 0 Å². The maximum atomic E-state index is 12.1. The van der Waals surface area contributed by atoms with Gasteiger partial charge in [0.1, 0.15) is 15.9 Å². The van der Waals surface area contributed by atoms with E-state index in [-0.39, 0.29) is 42.8 Å². The lowest BCUT2D eigenvalue weighted by molar-refractivity contribution is -0.122. The lowest BCUT2D eigenvalue weighted by Crippen LogP contribution is -2.52. The van der Waals surface area contributed by atoms with Gasteiger partial charge in [-0.1, -0.05) is 12.2 Å². The van der Waals surface area contributed by atoms with Gasteiger partial charge < -0.3 is 10.2 Å². The van der Waals surface area contributed by atoms with E-state index in [1.54, 1.807) is 0 Å². The summed E-state index contributed by atoms with van der Waals surface area (Å²) in [4.78, 5) is 14.5. The zero-order valence-electron chi connectivity index (χ0n) is 13.6. The predicted octanol–water partition coefficient (Wildman–Crippen LogP) is 0.516. The number of hydrogen-bond acceptors (Lipinski definition) is 5. The highest BCUT2D eigenvalue weighted by Gasteiger charge is 2.31. The number of nitrogens with zero attached hydrogens (tertiary/aromatic N) is 1. The third-order valence-electron chi connectivity index (χ3n) is 4.98. The molecule has 2 saturated heterocycles. The third-order valence-corrected chi connectivity index (χ3v) is 6.70. The molecule has 0 aromatic rings. The topological polar surface area (TPSA) is 78.5 Å². The number of halogens is 2. The summed E-state index contributed by atoms with van der Waals surface area (Å²) in [7, 11) is -2.79. The molecule has 1 amide bonds. The van der Waals surface area contributed by atoms with E-state index in [2.05, 4.69) is 15.5 Å². The summed E-state index contributed by atoms with van der Waals surface area (Å²) in [6.45, 7) is 2.66. The molecule has 140 valence electrons. The fourth-order valence-electron chi connectivity index (χ4n) is 3.59. The SMILES string of the molecule is Cl.Cl.O=C(NC1CCN(C2CCS(=O)(=O)CC2)CC1)C1C=CCN1. The Kier molecular flexibility index (Phi) is 8.48. The van der Waals surface area contributed by atoms with Crippen molar-refractivity contribution in [1.82, 2.24) is 15.5 Å². The molecule has 3 rings (SSSR count). The summed E-state index contributed by atoms with van der Waals surface area (Å²) in [6, 6.07) is 0.466. The summed E-state index contributed by atoms with van der Waals surface area (Å²) >= 11 is 0. The van der Waals surface area contributed by atoms with Crippen molar-refractivity contribution in [3.63, 3.8) is 0 Å². The van der Waals surface area contributed by atoms with Crippen LogP contribution in [0, 0.1) is 0 Å². The summed E-state index contributed by atoms with van der Waals surface area (Å²) in [6.07, 6.45) is 7.31. The Bertz CT molecular complexity index is 534. The third kappa shape index (κ3) is 5.59. The molecule has 0 radical (unpaired) electrons. The molecule has 0 spiro atoms. The predicted molar refractivity (Wildman–Crippen MR) is 99.8 cm³/mol. The molecule has 24 heavy (non-hydrogen) atoms. The highest BCUT2D eigenvalue weighted by Crippen LogP contribution is 2.22. The summed E-state index contributed by atoms with van der Waals surface area (Å²) in [5.74, 6) is 0.720. The molecule has 1 atom stereocenters. The van der Waals surface area contributed by atoms with Crippen molar-refractivity contribution in [1.29, 1.82) is 0 Å². The van der Waals surface area contributed by atoms with Gasteiger partial charge in [0.15, 0.2) is 0 Å². The molecule has 3 aliphatic rings. The molecule has 3 aliphatic heterocycles. The van der Waals surface area contributed by atoms with Crippen LogP contribution in [0.1, 0.15) is 25.7 Å². The minimum atomic E-state index is -2.79. The van der Waals surface area contributed by atoms with Crippen LogP contribution in [-0.2, 0) is 14.6 Å². The Morgan fingerprint density at radius 3 is 2.25 bits per heavy atom. The molecule has 1 unspecified atom stereocenters. The zero-order valence-corrected chi connectivity index (χ0v) is 16.1. The van der Waals surface area contributed by atoms with Crippen molar-refractivity contribution in [2.75, 3.05) is 31.1 Å². The second-order valence-corrected chi connectivity index (χ2v) is 8.82. The Labute approximate surface area is 156 Å². The quantitative estimate of drug-likeness (QED) is 0.676. The maximum absolute atomic E-state index is 12.1. The smallest absolute Gasteiger partial charge is 0.241 e. The largest absolute Gasteiger partial charge is 0.352 e. The molecule has 6 nitrogen and oxygen atoms in total. The number of amides is 1. The second kappa shape index (κ2) is 9.38. The van der Waals surface area contributed by atoms with Gasteiger partial charge >= 0.3 is 0 Å². The van der Waals surface area contributed by atoms with E-state index in [9.17, 15) is 13.2 Å². The fraction of sp³-hybridized carbons (Fsp3) is 0.800. The molecule has 0 aromatic carbocycles. The van der Waals surface area contributed by atoms with E-state index < -0.39 is 9.84 Å². The molecule has 2 N–H and O–H groups in total. The van der Waals surface area contributed by atoms with Crippen LogP contribution < -0.4 is 10.6 Å². The summed E-state index contributed by atoms with van der Waals surface area (Å²) < 4.78 is 23.0. The number of carbonyl (C=O) groups excluding carboxylic acids is 1.